The lowest BCUT2D eigenvalue weighted by molar-refractivity contribution is -0.117. The molecule has 5 rings (SSSR count). The van der Waals surface area contributed by atoms with Crippen LogP contribution in [0.5, 0.6) is 11.5 Å². The molecule has 0 unspecified atom stereocenters. The second-order valence-corrected chi connectivity index (χ2v) is 9.24. The van der Waals surface area contributed by atoms with Crippen molar-refractivity contribution in [3.05, 3.63) is 113 Å². The van der Waals surface area contributed by atoms with Crippen molar-refractivity contribution >= 4 is 17.3 Å². The maximum absolute atomic E-state index is 13.6. The van der Waals surface area contributed by atoms with Crippen molar-refractivity contribution < 1.29 is 14.3 Å². The van der Waals surface area contributed by atoms with Gasteiger partial charge in [-0.2, -0.15) is 5.26 Å². The Labute approximate surface area is 228 Å². The van der Waals surface area contributed by atoms with Gasteiger partial charge in [-0.1, -0.05) is 72.8 Å². The Hall–Kier alpha value is -4.89. The lowest BCUT2D eigenvalue weighted by Gasteiger charge is -2.27. The summed E-state index contributed by atoms with van der Waals surface area (Å²) >= 11 is 0. The van der Waals surface area contributed by atoms with Crippen LogP contribution in [-0.4, -0.2) is 38.9 Å². The number of fused-ring (bicyclic) bond motifs is 1. The summed E-state index contributed by atoms with van der Waals surface area (Å²) in [7, 11) is 3.24. The minimum absolute atomic E-state index is 0.0156. The monoisotopic (exact) mass is 515 g/mol. The molecule has 0 bridgehead atoms. The van der Waals surface area contributed by atoms with Crippen LogP contribution < -0.4 is 14.4 Å². The Morgan fingerprint density at radius 3 is 2.28 bits per heavy atom. The first-order valence-electron chi connectivity index (χ1n) is 12.9. The van der Waals surface area contributed by atoms with Crippen LogP contribution in [0.2, 0.25) is 0 Å². The Kier molecular flexibility index (Phi) is 7.70. The van der Waals surface area contributed by atoms with Crippen molar-refractivity contribution in [2.75, 3.05) is 32.2 Å². The second-order valence-electron chi connectivity index (χ2n) is 9.24. The van der Waals surface area contributed by atoms with Gasteiger partial charge in [-0.15, -0.1) is 0 Å². The number of methoxy groups -OCH3 is 2. The molecule has 1 aliphatic rings. The van der Waals surface area contributed by atoms with Crippen LogP contribution in [0.25, 0.3) is 11.1 Å². The molecule has 1 heterocycles. The fourth-order valence-corrected chi connectivity index (χ4v) is 5.05. The topological polar surface area (TPSA) is 74.9 Å². The van der Waals surface area contributed by atoms with Gasteiger partial charge in [0, 0.05) is 18.2 Å². The zero-order chi connectivity index (χ0) is 27.2. The number of amides is 1. The van der Waals surface area contributed by atoms with Gasteiger partial charge in [0.05, 0.1) is 48.4 Å². The van der Waals surface area contributed by atoms with E-state index < -0.39 is 0 Å². The lowest BCUT2D eigenvalue weighted by atomic mass is 9.92. The fourth-order valence-electron chi connectivity index (χ4n) is 5.05. The highest BCUT2D eigenvalue weighted by molar-refractivity contribution is 6.22. The molecule has 0 aromatic heterocycles. The predicted molar refractivity (Wildman–Crippen MR) is 154 cm³/mol. The van der Waals surface area contributed by atoms with Gasteiger partial charge in [-0.3, -0.25) is 9.79 Å². The van der Waals surface area contributed by atoms with Crippen molar-refractivity contribution in [1.29, 1.82) is 5.26 Å². The molecular formula is C33H29N3O3. The van der Waals surface area contributed by atoms with E-state index >= 15 is 0 Å². The van der Waals surface area contributed by atoms with E-state index in [1.54, 1.807) is 31.3 Å². The molecule has 0 saturated carbocycles. The maximum Gasteiger partial charge on any atom is 0.248 e. The molecule has 0 N–H and O–H groups in total. The number of carbonyl (C=O) groups excluding carboxylic acids is 1. The third kappa shape index (κ3) is 5.25. The van der Waals surface area contributed by atoms with Gasteiger partial charge in [0.2, 0.25) is 5.91 Å². The Bertz CT molecular complexity index is 1560. The van der Waals surface area contributed by atoms with E-state index in [1.807, 2.05) is 66.7 Å². The SMILES string of the molecule is COc1cc2c(c(OC)c1-c1ccccc1)C(c1cccc(C#N)c1)=NCC(=O)N2CCCc1ccccc1. The molecule has 0 fully saturated rings. The number of aliphatic imine (C=N–C) groups is 1. The molecular weight excluding hydrogens is 486 g/mol. The van der Waals surface area contributed by atoms with Gasteiger partial charge in [0.15, 0.2) is 0 Å². The molecule has 1 amide bonds. The van der Waals surface area contributed by atoms with Crippen LogP contribution in [0.1, 0.15) is 28.7 Å². The van der Waals surface area contributed by atoms with E-state index in [-0.39, 0.29) is 12.5 Å². The number of benzodiazepines with no additional fused rings is 1. The largest absolute Gasteiger partial charge is 0.496 e. The first-order chi connectivity index (χ1) is 19.1. The molecule has 4 aromatic rings. The van der Waals surface area contributed by atoms with E-state index in [1.165, 1.54) is 5.56 Å². The minimum Gasteiger partial charge on any atom is -0.496 e. The normalized spacial score (nSPS) is 12.7. The van der Waals surface area contributed by atoms with Crippen molar-refractivity contribution in [1.82, 2.24) is 0 Å². The smallest absolute Gasteiger partial charge is 0.248 e. The number of aryl methyl sites for hydroxylation is 1. The number of nitrogens with zero attached hydrogens (tertiary/aromatic N) is 3. The van der Waals surface area contributed by atoms with Crippen LogP contribution >= 0.6 is 0 Å². The number of hydrogen-bond acceptors (Lipinski definition) is 5. The molecule has 0 spiro atoms. The summed E-state index contributed by atoms with van der Waals surface area (Å²) < 4.78 is 12.0. The van der Waals surface area contributed by atoms with Crippen LogP contribution in [-0.2, 0) is 11.2 Å². The number of carbonyl (C=O) groups is 1. The number of anilines is 1. The van der Waals surface area contributed by atoms with Crippen molar-refractivity contribution in [3.63, 3.8) is 0 Å². The molecule has 4 aromatic carbocycles. The van der Waals surface area contributed by atoms with E-state index in [0.29, 0.717) is 40.6 Å². The molecule has 1 aliphatic heterocycles. The number of rotatable bonds is 8. The molecule has 6 heteroatoms. The number of benzene rings is 4. The van der Waals surface area contributed by atoms with Gasteiger partial charge < -0.3 is 14.4 Å². The van der Waals surface area contributed by atoms with Crippen molar-refractivity contribution in [2.45, 2.75) is 12.8 Å². The summed E-state index contributed by atoms with van der Waals surface area (Å²) in [5.41, 5.74) is 6.18. The maximum atomic E-state index is 13.6. The van der Waals surface area contributed by atoms with Crippen LogP contribution in [0, 0.1) is 11.3 Å². The van der Waals surface area contributed by atoms with E-state index in [2.05, 4.69) is 18.2 Å². The average Bonchev–Trinajstić information content (AvgIpc) is 3.13. The number of hydrogen-bond donors (Lipinski definition) is 0. The van der Waals surface area contributed by atoms with E-state index in [0.717, 1.165) is 29.5 Å². The zero-order valence-electron chi connectivity index (χ0n) is 22.1. The van der Waals surface area contributed by atoms with Crippen LogP contribution in [0.15, 0.2) is 96.0 Å². The Balaban J connectivity index is 1.70. The predicted octanol–water partition coefficient (Wildman–Crippen LogP) is 6.06. The summed E-state index contributed by atoms with van der Waals surface area (Å²) in [4.78, 5) is 20.2. The number of nitriles is 1. The molecule has 0 atom stereocenters. The van der Waals surface area contributed by atoms with Gasteiger partial charge in [-0.05, 0) is 36.1 Å². The summed E-state index contributed by atoms with van der Waals surface area (Å²) in [6.07, 6.45) is 1.62. The summed E-state index contributed by atoms with van der Waals surface area (Å²) in [5, 5.41) is 9.55. The summed E-state index contributed by atoms with van der Waals surface area (Å²) in [6, 6.07) is 31.5. The summed E-state index contributed by atoms with van der Waals surface area (Å²) in [5.74, 6) is 1.07. The molecule has 0 saturated heterocycles. The Morgan fingerprint density at radius 1 is 0.872 bits per heavy atom. The zero-order valence-corrected chi connectivity index (χ0v) is 22.1. The molecule has 0 aliphatic carbocycles. The highest BCUT2D eigenvalue weighted by Crippen LogP contribution is 2.47. The highest BCUT2D eigenvalue weighted by atomic mass is 16.5. The van der Waals surface area contributed by atoms with Gasteiger partial charge in [0.25, 0.3) is 0 Å². The van der Waals surface area contributed by atoms with Gasteiger partial charge >= 0.3 is 0 Å². The van der Waals surface area contributed by atoms with E-state index in [9.17, 15) is 10.1 Å². The quantitative estimate of drug-likeness (QED) is 0.286. The molecule has 6 nitrogen and oxygen atoms in total. The van der Waals surface area contributed by atoms with Gasteiger partial charge in [0.1, 0.15) is 18.0 Å². The van der Waals surface area contributed by atoms with Crippen LogP contribution in [0.3, 0.4) is 0 Å². The minimum atomic E-state index is -0.104. The first kappa shape index (κ1) is 25.7. The molecule has 39 heavy (non-hydrogen) atoms. The summed E-state index contributed by atoms with van der Waals surface area (Å²) in [6.45, 7) is 0.497. The third-order valence-electron chi connectivity index (χ3n) is 6.87. The van der Waals surface area contributed by atoms with Gasteiger partial charge in [-0.25, -0.2) is 0 Å². The van der Waals surface area contributed by atoms with Crippen LogP contribution in [0.4, 0.5) is 5.69 Å². The lowest BCUT2D eigenvalue weighted by Crippen LogP contribution is -2.33. The average molecular weight is 516 g/mol. The van der Waals surface area contributed by atoms with Crippen molar-refractivity contribution in [3.8, 4) is 28.7 Å². The second kappa shape index (κ2) is 11.7. The third-order valence-corrected chi connectivity index (χ3v) is 6.87. The van der Waals surface area contributed by atoms with E-state index in [4.69, 9.17) is 14.5 Å². The fraction of sp³-hybridized carbons (Fsp3) is 0.182. The Morgan fingerprint density at radius 2 is 1.59 bits per heavy atom. The molecule has 0 radical (unpaired) electrons. The highest BCUT2D eigenvalue weighted by Gasteiger charge is 2.32. The first-order valence-corrected chi connectivity index (χ1v) is 12.9. The molecule has 194 valence electrons. The standard InChI is InChI=1S/C33H29N3O3/c1-38-28-20-27-31(33(39-2)30(28)25-15-7-4-8-16-25)32(26-17-9-13-24(19-26)21-34)35-22-29(37)36(27)18-10-14-23-11-5-3-6-12-23/h3-9,11-13,15-17,19-20H,10,14,18,22H2,1-2H3. The number of ether oxygens (including phenoxy) is 2. The van der Waals surface area contributed by atoms with Crippen molar-refractivity contribution in [2.24, 2.45) is 4.99 Å².